The Morgan fingerprint density at radius 2 is 1.74 bits per heavy atom. The average molecular weight is 459 g/mol. The molecule has 0 spiro atoms. The van der Waals surface area contributed by atoms with E-state index in [-0.39, 0.29) is 11.8 Å². The Morgan fingerprint density at radius 3 is 2.45 bits per heavy atom. The lowest BCUT2D eigenvalue weighted by molar-refractivity contribution is -0.146. The van der Waals surface area contributed by atoms with Crippen molar-refractivity contribution < 1.29 is 19.5 Å². The van der Waals surface area contributed by atoms with E-state index in [4.69, 9.17) is 11.6 Å². The molecule has 2 aromatic rings. The fourth-order valence-corrected chi connectivity index (χ4v) is 4.42. The van der Waals surface area contributed by atoms with Crippen LogP contribution in [0, 0.1) is 11.8 Å². The zero-order valence-electron chi connectivity index (χ0n) is 16.9. The number of halogens is 1. The van der Waals surface area contributed by atoms with Gasteiger partial charge in [-0.2, -0.15) is 0 Å². The van der Waals surface area contributed by atoms with Crippen molar-refractivity contribution >= 4 is 52.5 Å². The van der Waals surface area contributed by atoms with Crippen LogP contribution >= 0.6 is 23.4 Å². The normalized spacial score (nSPS) is 18.8. The SMILES string of the molecule is CC(Sc1cccc(NC(=O)C2CC=CCC2C(=O)O)c1)C(=O)Nc1ccccc1Cl. The highest BCUT2D eigenvalue weighted by Crippen LogP contribution is 2.30. The van der Waals surface area contributed by atoms with Crippen LogP contribution in [0.3, 0.4) is 0 Å². The molecule has 3 rings (SSSR count). The zero-order valence-corrected chi connectivity index (χ0v) is 18.5. The van der Waals surface area contributed by atoms with Gasteiger partial charge in [0.25, 0.3) is 0 Å². The van der Waals surface area contributed by atoms with E-state index in [9.17, 15) is 19.5 Å². The van der Waals surface area contributed by atoms with Crippen LogP contribution in [-0.4, -0.2) is 28.1 Å². The minimum Gasteiger partial charge on any atom is -0.481 e. The number of rotatable bonds is 7. The fourth-order valence-electron chi connectivity index (χ4n) is 3.31. The maximum atomic E-state index is 12.7. The number of carboxylic acids is 1. The summed E-state index contributed by atoms with van der Waals surface area (Å²) in [5.74, 6) is -2.81. The Hall–Kier alpha value is -2.77. The van der Waals surface area contributed by atoms with Gasteiger partial charge in [-0.1, -0.05) is 42.0 Å². The maximum Gasteiger partial charge on any atom is 0.307 e. The van der Waals surface area contributed by atoms with Gasteiger partial charge in [-0.05, 0) is 50.1 Å². The number of carbonyl (C=O) groups excluding carboxylic acids is 2. The fraction of sp³-hybridized carbons (Fsp3) is 0.261. The number of thioether (sulfide) groups is 1. The molecule has 31 heavy (non-hydrogen) atoms. The number of hydrogen-bond acceptors (Lipinski definition) is 4. The van der Waals surface area contributed by atoms with Crippen LogP contribution in [0.2, 0.25) is 5.02 Å². The average Bonchev–Trinajstić information content (AvgIpc) is 2.75. The lowest BCUT2D eigenvalue weighted by Crippen LogP contribution is -2.34. The molecule has 0 aliphatic heterocycles. The summed E-state index contributed by atoms with van der Waals surface area (Å²) in [4.78, 5) is 37.4. The van der Waals surface area contributed by atoms with Gasteiger partial charge in [-0.25, -0.2) is 0 Å². The number of aliphatic carboxylic acids is 1. The first-order valence-corrected chi connectivity index (χ1v) is 11.1. The summed E-state index contributed by atoms with van der Waals surface area (Å²) in [6.45, 7) is 1.79. The van der Waals surface area contributed by atoms with Crippen LogP contribution in [0.1, 0.15) is 19.8 Å². The number of benzene rings is 2. The molecule has 0 fully saturated rings. The molecule has 3 N–H and O–H groups in total. The number of anilines is 2. The molecule has 0 saturated heterocycles. The molecule has 1 aliphatic rings. The largest absolute Gasteiger partial charge is 0.481 e. The lowest BCUT2D eigenvalue weighted by Gasteiger charge is -2.24. The second-order valence-electron chi connectivity index (χ2n) is 7.24. The van der Waals surface area contributed by atoms with Gasteiger partial charge in [0.15, 0.2) is 0 Å². The number of amides is 2. The zero-order chi connectivity index (χ0) is 22.4. The van der Waals surface area contributed by atoms with Crippen molar-refractivity contribution in [3.63, 3.8) is 0 Å². The molecule has 3 unspecified atom stereocenters. The minimum atomic E-state index is -0.966. The molecule has 3 atom stereocenters. The first-order valence-electron chi connectivity index (χ1n) is 9.86. The van der Waals surface area contributed by atoms with Crippen LogP contribution < -0.4 is 10.6 Å². The summed E-state index contributed by atoms with van der Waals surface area (Å²) < 4.78 is 0. The Morgan fingerprint density at radius 1 is 1.03 bits per heavy atom. The molecule has 0 radical (unpaired) electrons. The summed E-state index contributed by atoms with van der Waals surface area (Å²) in [5.41, 5.74) is 1.12. The van der Waals surface area contributed by atoms with Crippen molar-refractivity contribution in [2.75, 3.05) is 10.6 Å². The quantitative estimate of drug-likeness (QED) is 0.398. The third kappa shape index (κ3) is 6.12. The molecule has 2 amide bonds. The molecule has 0 heterocycles. The molecule has 0 saturated carbocycles. The van der Waals surface area contributed by atoms with E-state index in [0.29, 0.717) is 29.2 Å². The number of allylic oxidation sites excluding steroid dienone is 2. The number of carboxylic acid groups (broad SMARTS) is 1. The van der Waals surface area contributed by atoms with Crippen molar-refractivity contribution in [2.24, 2.45) is 11.8 Å². The number of nitrogens with one attached hydrogen (secondary N) is 2. The number of carbonyl (C=O) groups is 3. The molecule has 0 bridgehead atoms. The summed E-state index contributed by atoms with van der Waals surface area (Å²) in [7, 11) is 0. The Bertz CT molecular complexity index is 1010. The molecule has 6 nitrogen and oxygen atoms in total. The second kappa shape index (κ2) is 10.5. The van der Waals surface area contributed by atoms with Crippen LogP contribution in [0.5, 0.6) is 0 Å². The summed E-state index contributed by atoms with van der Waals surface area (Å²) in [5, 5.41) is 15.1. The van der Waals surface area contributed by atoms with Crippen molar-refractivity contribution in [3.8, 4) is 0 Å². The van der Waals surface area contributed by atoms with E-state index in [1.54, 1.807) is 55.5 Å². The molecular formula is C23H23ClN2O4S. The maximum absolute atomic E-state index is 12.7. The van der Waals surface area contributed by atoms with Crippen LogP contribution in [0.15, 0.2) is 65.6 Å². The first-order chi connectivity index (χ1) is 14.8. The van der Waals surface area contributed by atoms with Crippen LogP contribution in [-0.2, 0) is 14.4 Å². The van der Waals surface area contributed by atoms with Crippen LogP contribution in [0.25, 0.3) is 0 Å². The van der Waals surface area contributed by atoms with Gasteiger partial charge in [0.1, 0.15) is 0 Å². The van der Waals surface area contributed by atoms with Gasteiger partial charge in [0.2, 0.25) is 11.8 Å². The highest BCUT2D eigenvalue weighted by atomic mass is 35.5. The van der Waals surface area contributed by atoms with Crippen molar-refractivity contribution in [2.45, 2.75) is 29.9 Å². The van der Waals surface area contributed by atoms with E-state index < -0.39 is 23.1 Å². The van der Waals surface area contributed by atoms with Gasteiger partial charge in [-0.15, -0.1) is 11.8 Å². The summed E-state index contributed by atoms with van der Waals surface area (Å²) in [6, 6.07) is 14.2. The number of para-hydroxylation sites is 1. The Balaban J connectivity index is 1.62. The second-order valence-corrected chi connectivity index (χ2v) is 9.06. The van der Waals surface area contributed by atoms with E-state index in [2.05, 4.69) is 10.6 Å². The smallest absolute Gasteiger partial charge is 0.307 e. The van der Waals surface area contributed by atoms with Gasteiger partial charge >= 0.3 is 5.97 Å². The van der Waals surface area contributed by atoms with Crippen molar-refractivity contribution in [3.05, 3.63) is 65.7 Å². The predicted molar refractivity (Wildman–Crippen MR) is 123 cm³/mol. The van der Waals surface area contributed by atoms with Crippen LogP contribution in [0.4, 0.5) is 11.4 Å². The molecular weight excluding hydrogens is 436 g/mol. The standard InChI is InChI=1S/C23H23ClN2O4S/c1-14(21(27)26-20-12-5-4-11-19(20)24)31-16-8-6-7-15(13-16)25-22(28)17-9-2-3-10-18(17)23(29)30/h2-8,11-14,17-18H,9-10H2,1H3,(H,25,28)(H,26,27)(H,29,30). The van der Waals surface area contributed by atoms with Gasteiger partial charge in [0.05, 0.1) is 27.8 Å². The monoisotopic (exact) mass is 458 g/mol. The highest BCUT2D eigenvalue weighted by Gasteiger charge is 2.34. The third-order valence-electron chi connectivity index (χ3n) is 5.00. The van der Waals surface area contributed by atoms with Gasteiger partial charge in [0, 0.05) is 10.6 Å². The molecule has 2 aromatic carbocycles. The molecule has 1 aliphatic carbocycles. The predicted octanol–water partition coefficient (Wildman–Crippen LogP) is 5.06. The van der Waals surface area contributed by atoms with Gasteiger partial charge in [-0.3, -0.25) is 14.4 Å². The third-order valence-corrected chi connectivity index (χ3v) is 6.43. The van der Waals surface area contributed by atoms with E-state index in [0.717, 1.165) is 4.90 Å². The van der Waals surface area contributed by atoms with Crippen molar-refractivity contribution in [1.82, 2.24) is 0 Å². The highest BCUT2D eigenvalue weighted by molar-refractivity contribution is 8.00. The van der Waals surface area contributed by atoms with E-state index >= 15 is 0 Å². The summed E-state index contributed by atoms with van der Waals surface area (Å²) >= 11 is 7.44. The van der Waals surface area contributed by atoms with Gasteiger partial charge < -0.3 is 15.7 Å². The van der Waals surface area contributed by atoms with E-state index in [1.807, 2.05) is 12.1 Å². The Labute approximate surface area is 190 Å². The minimum absolute atomic E-state index is 0.189. The molecule has 162 valence electrons. The first kappa shape index (κ1) is 22.9. The van der Waals surface area contributed by atoms with E-state index in [1.165, 1.54) is 11.8 Å². The number of hydrogen-bond donors (Lipinski definition) is 3. The lowest BCUT2D eigenvalue weighted by atomic mass is 9.82. The molecule has 0 aromatic heterocycles. The topological polar surface area (TPSA) is 95.5 Å². The van der Waals surface area contributed by atoms with Crippen molar-refractivity contribution in [1.29, 1.82) is 0 Å². The molecule has 8 heteroatoms. The Kier molecular flexibility index (Phi) is 7.76. The summed E-state index contributed by atoms with van der Waals surface area (Å²) in [6.07, 6.45) is 4.39.